The highest BCUT2D eigenvalue weighted by atomic mass is 35.5. The van der Waals surface area contributed by atoms with Gasteiger partial charge in [-0.15, -0.1) is 0 Å². The number of nitrogens with one attached hydrogen (secondary N) is 1. The van der Waals surface area contributed by atoms with Gasteiger partial charge < -0.3 is 11.1 Å². The van der Waals surface area contributed by atoms with Gasteiger partial charge in [-0.3, -0.25) is 4.79 Å². The third kappa shape index (κ3) is 4.33. The topological polar surface area (TPSA) is 55.1 Å². The number of thioether (sulfide) groups is 1. The molecule has 3 N–H and O–H groups in total. The molecule has 0 aliphatic heterocycles. The SMILES string of the molecule is CCCSCC(=O)Nc1ccc(N)cc1Cl. The van der Waals surface area contributed by atoms with E-state index in [4.69, 9.17) is 17.3 Å². The number of carbonyl (C=O) groups is 1. The van der Waals surface area contributed by atoms with Crippen LogP contribution in [0.3, 0.4) is 0 Å². The van der Waals surface area contributed by atoms with Crippen molar-refractivity contribution in [2.24, 2.45) is 0 Å². The third-order valence-corrected chi connectivity index (χ3v) is 3.32. The van der Waals surface area contributed by atoms with E-state index in [9.17, 15) is 4.79 Å². The van der Waals surface area contributed by atoms with Crippen LogP contribution in [0.2, 0.25) is 5.02 Å². The Morgan fingerprint density at radius 1 is 1.56 bits per heavy atom. The molecule has 0 bridgehead atoms. The summed E-state index contributed by atoms with van der Waals surface area (Å²) in [7, 11) is 0. The highest BCUT2D eigenvalue weighted by Crippen LogP contribution is 2.24. The second kappa shape index (κ2) is 6.66. The number of amides is 1. The molecule has 0 fully saturated rings. The summed E-state index contributed by atoms with van der Waals surface area (Å²) < 4.78 is 0. The molecular formula is C11H15ClN2OS. The van der Waals surface area contributed by atoms with Crippen LogP contribution in [0.4, 0.5) is 11.4 Å². The Morgan fingerprint density at radius 2 is 2.31 bits per heavy atom. The summed E-state index contributed by atoms with van der Waals surface area (Å²) >= 11 is 7.54. The lowest BCUT2D eigenvalue weighted by molar-refractivity contribution is -0.113. The number of benzene rings is 1. The van der Waals surface area contributed by atoms with Crippen LogP contribution in [-0.4, -0.2) is 17.4 Å². The number of nitrogen functional groups attached to an aromatic ring is 1. The molecule has 0 spiro atoms. The molecule has 0 heterocycles. The molecule has 0 aromatic heterocycles. The fraction of sp³-hybridized carbons (Fsp3) is 0.364. The Bertz CT molecular complexity index is 371. The second-order valence-electron chi connectivity index (χ2n) is 3.34. The van der Waals surface area contributed by atoms with Crippen LogP contribution >= 0.6 is 23.4 Å². The van der Waals surface area contributed by atoms with Gasteiger partial charge in [-0.25, -0.2) is 0 Å². The molecule has 1 rings (SSSR count). The minimum absolute atomic E-state index is 0.0369. The fourth-order valence-corrected chi connectivity index (χ4v) is 2.06. The van der Waals surface area contributed by atoms with Crippen LogP contribution in [-0.2, 0) is 4.79 Å². The van der Waals surface area contributed by atoms with Crippen molar-refractivity contribution in [2.45, 2.75) is 13.3 Å². The molecule has 0 saturated carbocycles. The molecular weight excluding hydrogens is 244 g/mol. The molecule has 0 atom stereocenters. The maximum atomic E-state index is 11.5. The van der Waals surface area contributed by atoms with Gasteiger partial charge in [0, 0.05) is 5.69 Å². The minimum Gasteiger partial charge on any atom is -0.399 e. The van der Waals surface area contributed by atoms with Crippen LogP contribution in [0.1, 0.15) is 13.3 Å². The normalized spacial score (nSPS) is 10.1. The van der Waals surface area contributed by atoms with E-state index in [1.165, 1.54) is 0 Å². The van der Waals surface area contributed by atoms with Crippen molar-refractivity contribution in [2.75, 3.05) is 22.6 Å². The average Bonchev–Trinajstić information content (AvgIpc) is 2.23. The molecule has 88 valence electrons. The van der Waals surface area contributed by atoms with Gasteiger partial charge in [0.25, 0.3) is 0 Å². The maximum absolute atomic E-state index is 11.5. The molecule has 1 aromatic carbocycles. The van der Waals surface area contributed by atoms with Crippen molar-refractivity contribution >= 4 is 40.6 Å². The van der Waals surface area contributed by atoms with Crippen LogP contribution in [0.5, 0.6) is 0 Å². The summed E-state index contributed by atoms with van der Waals surface area (Å²) in [6.07, 6.45) is 1.07. The smallest absolute Gasteiger partial charge is 0.234 e. The fourth-order valence-electron chi connectivity index (χ4n) is 1.13. The number of rotatable bonds is 5. The molecule has 0 saturated heterocycles. The van der Waals surface area contributed by atoms with E-state index in [0.29, 0.717) is 22.2 Å². The van der Waals surface area contributed by atoms with E-state index in [0.717, 1.165) is 12.2 Å². The molecule has 5 heteroatoms. The summed E-state index contributed by atoms with van der Waals surface area (Å²) in [6.45, 7) is 2.09. The zero-order valence-corrected chi connectivity index (χ0v) is 10.7. The van der Waals surface area contributed by atoms with E-state index in [-0.39, 0.29) is 5.91 Å². The van der Waals surface area contributed by atoms with Crippen LogP contribution in [0, 0.1) is 0 Å². The number of hydrogen-bond acceptors (Lipinski definition) is 3. The number of halogens is 1. The third-order valence-electron chi connectivity index (χ3n) is 1.85. The largest absolute Gasteiger partial charge is 0.399 e. The van der Waals surface area contributed by atoms with E-state index >= 15 is 0 Å². The Kier molecular flexibility index (Phi) is 5.49. The second-order valence-corrected chi connectivity index (χ2v) is 4.85. The molecule has 0 aliphatic rings. The number of nitrogens with two attached hydrogens (primary N) is 1. The Morgan fingerprint density at radius 3 is 2.94 bits per heavy atom. The van der Waals surface area contributed by atoms with E-state index < -0.39 is 0 Å². The molecule has 16 heavy (non-hydrogen) atoms. The number of carbonyl (C=O) groups excluding carboxylic acids is 1. The Labute approximate surface area is 105 Å². The van der Waals surface area contributed by atoms with Gasteiger partial charge in [0.1, 0.15) is 0 Å². The first kappa shape index (κ1) is 13.2. The van der Waals surface area contributed by atoms with E-state index in [1.807, 2.05) is 0 Å². The Balaban J connectivity index is 2.49. The first-order valence-corrected chi connectivity index (χ1v) is 6.59. The number of anilines is 2. The van der Waals surface area contributed by atoms with E-state index in [2.05, 4.69) is 12.2 Å². The predicted octanol–water partition coefficient (Wildman–Crippen LogP) is 3.00. The van der Waals surface area contributed by atoms with Crippen molar-refractivity contribution in [1.29, 1.82) is 0 Å². The highest BCUT2D eigenvalue weighted by Gasteiger charge is 2.05. The lowest BCUT2D eigenvalue weighted by Crippen LogP contribution is -2.14. The van der Waals surface area contributed by atoms with Crippen LogP contribution < -0.4 is 11.1 Å². The van der Waals surface area contributed by atoms with Crippen molar-refractivity contribution < 1.29 is 4.79 Å². The van der Waals surface area contributed by atoms with Crippen LogP contribution in [0.25, 0.3) is 0 Å². The summed E-state index contributed by atoms with van der Waals surface area (Å²) in [5.74, 6) is 1.40. The van der Waals surface area contributed by atoms with Gasteiger partial charge in [0.15, 0.2) is 0 Å². The van der Waals surface area contributed by atoms with Crippen molar-refractivity contribution in [3.8, 4) is 0 Å². The summed E-state index contributed by atoms with van der Waals surface area (Å²) in [5.41, 5.74) is 6.75. The van der Waals surface area contributed by atoms with Crippen molar-refractivity contribution in [3.05, 3.63) is 23.2 Å². The quantitative estimate of drug-likeness (QED) is 0.631. The molecule has 0 aliphatic carbocycles. The van der Waals surface area contributed by atoms with Gasteiger partial charge in [-0.2, -0.15) is 11.8 Å². The molecule has 0 unspecified atom stereocenters. The Hall–Kier alpha value is -0.870. The number of hydrogen-bond donors (Lipinski definition) is 2. The zero-order chi connectivity index (χ0) is 12.0. The summed E-state index contributed by atoms with van der Waals surface area (Å²) in [5, 5.41) is 3.22. The molecule has 3 nitrogen and oxygen atoms in total. The maximum Gasteiger partial charge on any atom is 0.234 e. The highest BCUT2D eigenvalue weighted by molar-refractivity contribution is 7.99. The predicted molar refractivity (Wildman–Crippen MR) is 72.1 cm³/mol. The van der Waals surface area contributed by atoms with Gasteiger partial charge in [0.05, 0.1) is 16.5 Å². The minimum atomic E-state index is -0.0369. The average molecular weight is 259 g/mol. The summed E-state index contributed by atoms with van der Waals surface area (Å²) in [4.78, 5) is 11.5. The van der Waals surface area contributed by atoms with E-state index in [1.54, 1.807) is 30.0 Å². The van der Waals surface area contributed by atoms with Gasteiger partial charge in [-0.1, -0.05) is 18.5 Å². The first-order chi connectivity index (χ1) is 7.63. The van der Waals surface area contributed by atoms with Crippen molar-refractivity contribution in [1.82, 2.24) is 0 Å². The van der Waals surface area contributed by atoms with Crippen LogP contribution in [0.15, 0.2) is 18.2 Å². The monoisotopic (exact) mass is 258 g/mol. The van der Waals surface area contributed by atoms with Gasteiger partial charge in [-0.05, 0) is 30.4 Å². The lowest BCUT2D eigenvalue weighted by atomic mass is 10.3. The van der Waals surface area contributed by atoms with Crippen molar-refractivity contribution in [3.63, 3.8) is 0 Å². The van der Waals surface area contributed by atoms with Gasteiger partial charge in [0.2, 0.25) is 5.91 Å². The molecule has 0 radical (unpaired) electrons. The van der Waals surface area contributed by atoms with Gasteiger partial charge >= 0.3 is 0 Å². The zero-order valence-electron chi connectivity index (χ0n) is 9.13. The molecule has 1 amide bonds. The lowest BCUT2D eigenvalue weighted by Gasteiger charge is -2.07. The summed E-state index contributed by atoms with van der Waals surface area (Å²) in [6, 6.07) is 5.04. The first-order valence-electron chi connectivity index (χ1n) is 5.06. The molecule has 1 aromatic rings. The standard InChI is InChI=1S/C11H15ClN2OS/c1-2-5-16-7-11(15)14-10-4-3-8(13)6-9(10)12/h3-4,6H,2,5,7,13H2,1H3,(H,14,15).